The number of carbonyl (C=O) groups is 1. The molecule has 0 saturated carbocycles. The van der Waals surface area contributed by atoms with Gasteiger partial charge in [-0.05, 0) is 36.8 Å². The highest BCUT2D eigenvalue weighted by Crippen LogP contribution is 2.24. The van der Waals surface area contributed by atoms with Crippen molar-refractivity contribution in [1.82, 2.24) is 25.3 Å². The Morgan fingerprint density at radius 2 is 2.06 bits per heavy atom. The Morgan fingerprint density at radius 3 is 2.81 bits per heavy atom. The molecule has 9 heteroatoms. The standard InChI is InChI=1S/C22H20ClN7O/c1-12(13-4-3-7-26-9-13)29-22(31)16-10-27-21-20(16)30-18(11-28-21)19(24)15-6-5-14(23)8-17(15)25-2/h3-12,24-25H,1-2H3,(H,27,28)(H,29,31). The molecule has 3 heterocycles. The number of pyridine rings is 1. The Morgan fingerprint density at radius 1 is 1.23 bits per heavy atom. The molecular formula is C22H20ClN7O. The van der Waals surface area contributed by atoms with Gasteiger partial charge in [0.05, 0.1) is 23.5 Å². The first-order chi connectivity index (χ1) is 15.0. The molecule has 31 heavy (non-hydrogen) atoms. The van der Waals surface area contributed by atoms with E-state index in [0.717, 1.165) is 5.56 Å². The average Bonchev–Trinajstić information content (AvgIpc) is 3.22. The van der Waals surface area contributed by atoms with Crippen molar-refractivity contribution in [1.29, 1.82) is 5.41 Å². The lowest BCUT2D eigenvalue weighted by atomic mass is 10.1. The third kappa shape index (κ3) is 4.10. The van der Waals surface area contributed by atoms with Crippen LogP contribution in [0.25, 0.3) is 11.2 Å². The molecule has 1 amide bonds. The maximum absolute atomic E-state index is 12.9. The monoisotopic (exact) mass is 433 g/mol. The highest BCUT2D eigenvalue weighted by Gasteiger charge is 2.19. The first-order valence-electron chi connectivity index (χ1n) is 9.59. The number of amides is 1. The zero-order valence-corrected chi connectivity index (χ0v) is 17.7. The predicted molar refractivity (Wildman–Crippen MR) is 121 cm³/mol. The van der Waals surface area contributed by atoms with Crippen LogP contribution < -0.4 is 10.6 Å². The number of hydrogen-bond acceptors (Lipinski definition) is 6. The van der Waals surface area contributed by atoms with Gasteiger partial charge in [-0.1, -0.05) is 17.7 Å². The normalized spacial score (nSPS) is 11.8. The van der Waals surface area contributed by atoms with Crippen LogP contribution in [0.15, 0.2) is 55.1 Å². The van der Waals surface area contributed by atoms with E-state index in [9.17, 15) is 4.79 Å². The topological polar surface area (TPSA) is 119 Å². The van der Waals surface area contributed by atoms with Crippen molar-refractivity contribution in [2.75, 3.05) is 12.4 Å². The second kappa shape index (κ2) is 8.53. The van der Waals surface area contributed by atoms with Crippen LogP contribution in [0.3, 0.4) is 0 Å². The summed E-state index contributed by atoms with van der Waals surface area (Å²) in [5.74, 6) is -0.289. The van der Waals surface area contributed by atoms with Gasteiger partial charge in [0, 0.05) is 41.9 Å². The van der Waals surface area contributed by atoms with Gasteiger partial charge in [0.1, 0.15) is 11.2 Å². The molecule has 0 spiro atoms. The third-order valence-electron chi connectivity index (χ3n) is 4.93. The number of rotatable bonds is 6. The Hall–Kier alpha value is -3.78. The smallest absolute Gasteiger partial charge is 0.255 e. The van der Waals surface area contributed by atoms with Crippen molar-refractivity contribution in [3.05, 3.63) is 82.5 Å². The predicted octanol–water partition coefficient (Wildman–Crippen LogP) is 3.96. The molecule has 3 aromatic heterocycles. The van der Waals surface area contributed by atoms with Gasteiger partial charge < -0.3 is 15.6 Å². The molecule has 0 bridgehead atoms. The summed E-state index contributed by atoms with van der Waals surface area (Å²) >= 11 is 6.06. The summed E-state index contributed by atoms with van der Waals surface area (Å²) in [5, 5.41) is 15.2. The van der Waals surface area contributed by atoms with E-state index in [1.54, 1.807) is 43.8 Å². The number of benzene rings is 1. The molecule has 4 N–H and O–H groups in total. The molecular weight excluding hydrogens is 414 g/mol. The van der Waals surface area contributed by atoms with Crippen LogP contribution in [0, 0.1) is 5.41 Å². The van der Waals surface area contributed by atoms with Gasteiger partial charge in [-0.15, -0.1) is 0 Å². The van der Waals surface area contributed by atoms with E-state index in [1.165, 1.54) is 6.20 Å². The summed E-state index contributed by atoms with van der Waals surface area (Å²) in [6, 6.07) is 8.71. The Kier molecular flexibility index (Phi) is 5.64. The van der Waals surface area contributed by atoms with Crippen LogP contribution in [0.2, 0.25) is 5.02 Å². The number of carbonyl (C=O) groups excluding carboxylic acids is 1. The van der Waals surface area contributed by atoms with E-state index in [4.69, 9.17) is 17.0 Å². The molecule has 0 saturated heterocycles. The zero-order valence-electron chi connectivity index (χ0n) is 16.9. The number of anilines is 1. The van der Waals surface area contributed by atoms with Crippen LogP contribution in [0.5, 0.6) is 0 Å². The van der Waals surface area contributed by atoms with Crippen LogP contribution in [0.1, 0.15) is 40.1 Å². The molecule has 156 valence electrons. The molecule has 0 fully saturated rings. The minimum absolute atomic E-state index is 0.173. The van der Waals surface area contributed by atoms with Gasteiger partial charge in [0.2, 0.25) is 0 Å². The van der Waals surface area contributed by atoms with Crippen molar-refractivity contribution >= 4 is 40.1 Å². The van der Waals surface area contributed by atoms with Gasteiger partial charge in [-0.3, -0.25) is 15.2 Å². The van der Waals surface area contributed by atoms with Crippen molar-refractivity contribution < 1.29 is 4.79 Å². The van der Waals surface area contributed by atoms with Crippen LogP contribution in [0.4, 0.5) is 5.69 Å². The van der Waals surface area contributed by atoms with E-state index in [1.807, 2.05) is 19.1 Å². The van der Waals surface area contributed by atoms with E-state index in [2.05, 4.69) is 30.6 Å². The summed E-state index contributed by atoms with van der Waals surface area (Å²) in [6.45, 7) is 1.89. The Bertz CT molecular complexity index is 1270. The van der Waals surface area contributed by atoms with Crippen LogP contribution >= 0.6 is 11.6 Å². The zero-order chi connectivity index (χ0) is 22.0. The van der Waals surface area contributed by atoms with E-state index in [-0.39, 0.29) is 17.7 Å². The second-order valence-corrected chi connectivity index (χ2v) is 7.39. The number of aromatic amines is 1. The number of hydrogen-bond donors (Lipinski definition) is 4. The average molecular weight is 434 g/mol. The molecule has 1 unspecified atom stereocenters. The quantitative estimate of drug-likeness (QED) is 0.343. The van der Waals surface area contributed by atoms with Gasteiger partial charge in [-0.2, -0.15) is 0 Å². The molecule has 1 aromatic carbocycles. The SMILES string of the molecule is CNc1cc(Cl)ccc1C(=N)c1cnc2[nH]cc(C(=O)NC(C)c3cccnc3)c2n1. The van der Waals surface area contributed by atoms with Crippen molar-refractivity contribution in [2.45, 2.75) is 13.0 Å². The van der Waals surface area contributed by atoms with Crippen molar-refractivity contribution in [3.8, 4) is 0 Å². The van der Waals surface area contributed by atoms with E-state index >= 15 is 0 Å². The second-order valence-electron chi connectivity index (χ2n) is 6.95. The van der Waals surface area contributed by atoms with Crippen LogP contribution in [-0.4, -0.2) is 38.6 Å². The molecule has 0 aliphatic carbocycles. The highest BCUT2D eigenvalue weighted by atomic mass is 35.5. The van der Waals surface area contributed by atoms with E-state index in [0.29, 0.717) is 38.7 Å². The number of nitrogens with one attached hydrogen (secondary N) is 4. The lowest BCUT2D eigenvalue weighted by Crippen LogP contribution is -2.26. The van der Waals surface area contributed by atoms with Crippen molar-refractivity contribution in [2.24, 2.45) is 0 Å². The number of halogens is 1. The van der Waals surface area contributed by atoms with Gasteiger partial charge in [0.25, 0.3) is 5.91 Å². The highest BCUT2D eigenvalue weighted by molar-refractivity contribution is 6.31. The van der Waals surface area contributed by atoms with E-state index < -0.39 is 0 Å². The van der Waals surface area contributed by atoms with Gasteiger partial charge in [-0.25, -0.2) is 9.97 Å². The van der Waals surface area contributed by atoms with Gasteiger partial charge >= 0.3 is 0 Å². The molecule has 0 aliphatic rings. The van der Waals surface area contributed by atoms with Crippen LogP contribution in [-0.2, 0) is 0 Å². The van der Waals surface area contributed by atoms with Gasteiger partial charge in [0.15, 0.2) is 5.65 Å². The van der Waals surface area contributed by atoms with Crippen molar-refractivity contribution in [3.63, 3.8) is 0 Å². The fraction of sp³-hybridized carbons (Fsp3) is 0.136. The number of nitrogens with zero attached hydrogens (tertiary/aromatic N) is 3. The lowest BCUT2D eigenvalue weighted by molar-refractivity contribution is 0.0941. The first-order valence-corrected chi connectivity index (χ1v) is 9.97. The fourth-order valence-electron chi connectivity index (χ4n) is 3.25. The maximum atomic E-state index is 12.9. The largest absolute Gasteiger partial charge is 0.388 e. The Balaban J connectivity index is 1.65. The summed E-state index contributed by atoms with van der Waals surface area (Å²) in [7, 11) is 1.76. The fourth-order valence-corrected chi connectivity index (χ4v) is 3.43. The molecule has 4 aromatic rings. The minimum atomic E-state index is -0.289. The summed E-state index contributed by atoms with van der Waals surface area (Å²) in [5.41, 5.74) is 3.99. The molecule has 0 aliphatic heterocycles. The number of fused-ring (bicyclic) bond motifs is 1. The number of aromatic nitrogens is 4. The molecule has 8 nitrogen and oxygen atoms in total. The lowest BCUT2D eigenvalue weighted by Gasteiger charge is -2.13. The molecule has 4 rings (SSSR count). The summed E-state index contributed by atoms with van der Waals surface area (Å²) in [4.78, 5) is 28.9. The Labute approximate surface area is 183 Å². The molecule has 1 atom stereocenters. The third-order valence-corrected chi connectivity index (χ3v) is 5.17. The number of H-pyrrole nitrogens is 1. The maximum Gasteiger partial charge on any atom is 0.255 e. The first kappa shape index (κ1) is 20.5. The summed E-state index contributed by atoms with van der Waals surface area (Å²) < 4.78 is 0. The minimum Gasteiger partial charge on any atom is -0.388 e. The molecule has 0 radical (unpaired) electrons. The summed E-state index contributed by atoms with van der Waals surface area (Å²) in [6.07, 6.45) is 6.48.